The van der Waals surface area contributed by atoms with E-state index >= 15 is 0 Å². The van der Waals surface area contributed by atoms with E-state index in [4.69, 9.17) is 0 Å². The molecule has 0 radical (unpaired) electrons. The number of hydrogen-bond donors (Lipinski definition) is 0. The summed E-state index contributed by atoms with van der Waals surface area (Å²) in [6, 6.07) is 5.10. The van der Waals surface area contributed by atoms with Crippen LogP contribution in [0.3, 0.4) is 0 Å². The molecule has 7 heteroatoms. The van der Waals surface area contributed by atoms with Crippen LogP contribution in [0.5, 0.6) is 0 Å². The fraction of sp³-hybridized carbons (Fsp3) is 0.533. The molecule has 122 valence electrons. The minimum absolute atomic E-state index is 0.0639. The normalized spacial score (nSPS) is 19.1. The summed E-state index contributed by atoms with van der Waals surface area (Å²) in [4.78, 5) is 15.6. The largest absolute Gasteiger partial charge is 0.416 e. The molecule has 1 aliphatic heterocycles. The molecule has 0 unspecified atom stereocenters. The maximum absolute atomic E-state index is 12.5. The fourth-order valence-corrected chi connectivity index (χ4v) is 3.03. The number of alkyl halides is 3. The van der Waals surface area contributed by atoms with Gasteiger partial charge in [0.1, 0.15) is 0 Å². The van der Waals surface area contributed by atoms with Crippen molar-refractivity contribution in [2.45, 2.75) is 25.2 Å². The lowest BCUT2D eigenvalue weighted by Gasteiger charge is -2.17. The van der Waals surface area contributed by atoms with E-state index in [1.54, 1.807) is 28.6 Å². The van der Waals surface area contributed by atoms with E-state index in [2.05, 4.69) is 0 Å². The molecule has 22 heavy (non-hydrogen) atoms. The van der Waals surface area contributed by atoms with Gasteiger partial charge < -0.3 is 9.80 Å². The van der Waals surface area contributed by atoms with Crippen LogP contribution < -0.4 is 0 Å². The molecule has 1 aliphatic rings. The number of amides is 2. The van der Waals surface area contributed by atoms with Gasteiger partial charge in [-0.2, -0.15) is 24.9 Å². The van der Waals surface area contributed by atoms with Gasteiger partial charge in [-0.05, 0) is 36.1 Å². The van der Waals surface area contributed by atoms with Crippen molar-refractivity contribution in [2.24, 2.45) is 0 Å². The second-order valence-corrected chi connectivity index (χ2v) is 6.39. The Morgan fingerprint density at radius 3 is 2.45 bits per heavy atom. The van der Waals surface area contributed by atoms with Crippen LogP contribution in [0, 0.1) is 0 Å². The van der Waals surface area contributed by atoms with Gasteiger partial charge >= 0.3 is 12.2 Å². The zero-order valence-corrected chi connectivity index (χ0v) is 13.4. The molecule has 0 saturated carbocycles. The molecule has 1 saturated heterocycles. The Bertz CT molecular complexity index is 519. The van der Waals surface area contributed by atoms with Crippen molar-refractivity contribution in [2.75, 3.05) is 25.6 Å². The lowest BCUT2D eigenvalue weighted by atomic mass is 10.1. The average Bonchev–Trinajstić information content (AvgIpc) is 2.73. The van der Waals surface area contributed by atoms with Crippen molar-refractivity contribution in [3.05, 3.63) is 35.4 Å². The minimum atomic E-state index is -4.33. The summed E-state index contributed by atoms with van der Waals surface area (Å²) in [6.45, 7) is 0.966. The van der Waals surface area contributed by atoms with Crippen LogP contribution in [0.1, 0.15) is 17.5 Å². The molecule has 0 spiro atoms. The number of carbonyl (C=O) groups is 1. The highest BCUT2D eigenvalue weighted by Gasteiger charge is 2.34. The van der Waals surface area contributed by atoms with E-state index in [9.17, 15) is 18.0 Å². The molecule has 0 bridgehead atoms. The number of rotatable bonds is 5. The van der Waals surface area contributed by atoms with Crippen LogP contribution in [-0.4, -0.2) is 47.5 Å². The lowest BCUT2D eigenvalue weighted by Crippen LogP contribution is -2.31. The second-order valence-electron chi connectivity index (χ2n) is 5.40. The third-order valence-electron chi connectivity index (χ3n) is 3.86. The average molecular weight is 332 g/mol. The smallest absolute Gasteiger partial charge is 0.323 e. The maximum Gasteiger partial charge on any atom is 0.416 e. The summed E-state index contributed by atoms with van der Waals surface area (Å²) >= 11 is 1.74. The molecule has 1 heterocycles. The SMILES string of the molecule is CSCC[C@H]1CN(Cc2ccc(C(F)(F)F)cc2)C(=O)N1C. The van der Waals surface area contributed by atoms with Gasteiger partial charge in [0.05, 0.1) is 11.6 Å². The van der Waals surface area contributed by atoms with Gasteiger partial charge in [0.2, 0.25) is 0 Å². The van der Waals surface area contributed by atoms with Crippen LogP contribution >= 0.6 is 11.8 Å². The molecule has 1 aromatic carbocycles. The lowest BCUT2D eigenvalue weighted by molar-refractivity contribution is -0.137. The Kier molecular flexibility index (Phi) is 5.26. The number of thioether (sulfide) groups is 1. The standard InChI is InChI=1S/C15H19F3N2OS/c1-19-13(7-8-22-2)10-20(14(19)21)9-11-3-5-12(6-4-11)15(16,17)18/h3-6,13H,7-10H2,1-2H3/t13-/m0/s1. The first-order valence-corrected chi connectivity index (χ1v) is 8.39. The van der Waals surface area contributed by atoms with E-state index in [0.717, 1.165) is 24.3 Å². The number of halogens is 3. The Labute approximate surface area is 132 Å². The molecular weight excluding hydrogens is 313 g/mol. The molecule has 3 nitrogen and oxygen atoms in total. The highest BCUT2D eigenvalue weighted by atomic mass is 32.2. The van der Waals surface area contributed by atoms with Crippen LogP contribution in [0.25, 0.3) is 0 Å². The topological polar surface area (TPSA) is 23.6 Å². The molecule has 2 rings (SSSR count). The summed E-state index contributed by atoms with van der Waals surface area (Å²) in [5.74, 6) is 0.983. The first kappa shape index (κ1) is 17.0. The van der Waals surface area contributed by atoms with Gasteiger partial charge in [-0.25, -0.2) is 4.79 Å². The molecule has 1 atom stereocenters. The van der Waals surface area contributed by atoms with E-state index in [0.29, 0.717) is 18.7 Å². The first-order valence-electron chi connectivity index (χ1n) is 6.99. The predicted molar refractivity (Wildman–Crippen MR) is 81.8 cm³/mol. The number of urea groups is 1. The number of hydrogen-bond acceptors (Lipinski definition) is 2. The van der Waals surface area contributed by atoms with Crippen molar-refractivity contribution in [1.29, 1.82) is 0 Å². The van der Waals surface area contributed by atoms with Gasteiger partial charge in [-0.15, -0.1) is 0 Å². The number of nitrogens with zero attached hydrogens (tertiary/aromatic N) is 2. The van der Waals surface area contributed by atoms with E-state index in [-0.39, 0.29) is 12.1 Å². The Hall–Kier alpha value is -1.37. The third-order valence-corrected chi connectivity index (χ3v) is 4.50. The summed E-state index contributed by atoms with van der Waals surface area (Å²) in [7, 11) is 1.78. The molecule has 2 amide bonds. The zero-order valence-electron chi connectivity index (χ0n) is 12.6. The van der Waals surface area contributed by atoms with Gasteiger partial charge in [0, 0.05) is 20.1 Å². The third kappa shape index (κ3) is 3.88. The van der Waals surface area contributed by atoms with Crippen molar-refractivity contribution in [3.63, 3.8) is 0 Å². The summed E-state index contributed by atoms with van der Waals surface area (Å²) in [6.07, 6.45) is -1.38. The van der Waals surface area contributed by atoms with Crippen LogP contribution in [0.4, 0.5) is 18.0 Å². The number of carbonyl (C=O) groups excluding carboxylic acids is 1. The Morgan fingerprint density at radius 1 is 1.27 bits per heavy atom. The molecule has 1 fully saturated rings. The molecule has 0 N–H and O–H groups in total. The summed E-state index contributed by atoms with van der Waals surface area (Å²) in [5.41, 5.74) is 0.0410. The summed E-state index contributed by atoms with van der Waals surface area (Å²) in [5, 5.41) is 0. The van der Waals surface area contributed by atoms with Gasteiger partial charge in [-0.1, -0.05) is 12.1 Å². The highest BCUT2D eigenvalue weighted by Crippen LogP contribution is 2.29. The molecular formula is C15H19F3N2OS. The highest BCUT2D eigenvalue weighted by molar-refractivity contribution is 7.98. The first-order chi connectivity index (χ1) is 10.3. The summed E-state index contributed by atoms with van der Waals surface area (Å²) < 4.78 is 37.6. The Morgan fingerprint density at radius 2 is 1.91 bits per heavy atom. The minimum Gasteiger partial charge on any atom is -0.323 e. The van der Waals surface area contributed by atoms with Crippen molar-refractivity contribution in [3.8, 4) is 0 Å². The van der Waals surface area contributed by atoms with Crippen LogP contribution in [-0.2, 0) is 12.7 Å². The van der Waals surface area contributed by atoms with Crippen molar-refractivity contribution < 1.29 is 18.0 Å². The molecule has 1 aromatic rings. The quantitative estimate of drug-likeness (QED) is 0.821. The number of likely N-dealkylation sites (N-methyl/N-ethyl adjacent to an activating group) is 1. The van der Waals surface area contributed by atoms with Crippen LogP contribution in [0.2, 0.25) is 0 Å². The van der Waals surface area contributed by atoms with Crippen LogP contribution in [0.15, 0.2) is 24.3 Å². The number of benzene rings is 1. The molecule has 0 aromatic heterocycles. The van der Waals surface area contributed by atoms with E-state index in [1.807, 2.05) is 6.26 Å². The maximum atomic E-state index is 12.5. The Balaban J connectivity index is 2.00. The second kappa shape index (κ2) is 6.81. The monoisotopic (exact) mass is 332 g/mol. The van der Waals surface area contributed by atoms with E-state index in [1.165, 1.54) is 12.1 Å². The predicted octanol–water partition coefficient (Wildman–Crippen LogP) is 3.69. The van der Waals surface area contributed by atoms with Gasteiger partial charge in [0.25, 0.3) is 0 Å². The van der Waals surface area contributed by atoms with Gasteiger partial charge in [0.15, 0.2) is 0 Å². The fourth-order valence-electron chi connectivity index (χ4n) is 2.52. The van der Waals surface area contributed by atoms with Crippen molar-refractivity contribution in [1.82, 2.24) is 9.80 Å². The van der Waals surface area contributed by atoms with Crippen molar-refractivity contribution >= 4 is 17.8 Å². The van der Waals surface area contributed by atoms with E-state index < -0.39 is 11.7 Å². The molecule has 0 aliphatic carbocycles. The zero-order chi connectivity index (χ0) is 16.3. The van der Waals surface area contributed by atoms with Gasteiger partial charge in [-0.3, -0.25) is 0 Å².